The van der Waals surface area contributed by atoms with E-state index in [-0.39, 0.29) is 0 Å². The van der Waals surface area contributed by atoms with Crippen molar-refractivity contribution in [2.24, 2.45) is 10.9 Å². The molecule has 0 amide bonds. The summed E-state index contributed by atoms with van der Waals surface area (Å²) >= 11 is 1.91. The maximum Gasteiger partial charge on any atom is 0.0705 e. The quantitative estimate of drug-likeness (QED) is 0.704. The van der Waals surface area contributed by atoms with Crippen LogP contribution in [0.3, 0.4) is 0 Å². The lowest BCUT2D eigenvalue weighted by molar-refractivity contribution is 0.358. The normalized spacial score (nSPS) is 22.8. The fourth-order valence-corrected chi connectivity index (χ4v) is 3.58. The minimum absolute atomic E-state index is 0.945. The molecule has 1 heterocycles. The molecule has 1 fully saturated rings. The molecule has 0 N–H and O–H groups in total. The van der Waals surface area contributed by atoms with Gasteiger partial charge in [0, 0.05) is 10.6 Å². The Bertz CT molecular complexity index is 298. The predicted octanol–water partition coefficient (Wildman–Crippen LogP) is 4.44. The zero-order valence-corrected chi connectivity index (χ0v) is 11.4. The van der Waals surface area contributed by atoms with Crippen molar-refractivity contribution in [3.05, 3.63) is 10.5 Å². The highest BCUT2D eigenvalue weighted by atomic mass is 32.2. The molecule has 2 rings (SSSR count). The summed E-state index contributed by atoms with van der Waals surface area (Å²) < 4.78 is 0. The smallest absolute Gasteiger partial charge is 0.0705 e. The third kappa shape index (κ3) is 2.71. The van der Waals surface area contributed by atoms with Gasteiger partial charge in [-0.25, -0.2) is 0 Å². The summed E-state index contributed by atoms with van der Waals surface area (Å²) in [6.45, 7) is 3.20. The second kappa shape index (κ2) is 5.90. The van der Waals surface area contributed by atoms with Gasteiger partial charge in [-0.2, -0.15) is 0 Å². The summed E-state index contributed by atoms with van der Waals surface area (Å²) in [6.07, 6.45) is 11.9. The molecule has 16 heavy (non-hydrogen) atoms. The summed E-state index contributed by atoms with van der Waals surface area (Å²) in [7, 11) is 0. The van der Waals surface area contributed by atoms with Crippen LogP contribution >= 0.6 is 11.8 Å². The van der Waals surface area contributed by atoms with Crippen molar-refractivity contribution in [2.45, 2.75) is 51.9 Å². The lowest BCUT2D eigenvalue weighted by Crippen LogP contribution is -2.10. The first-order chi connectivity index (χ1) is 7.85. The number of nitrogens with zero attached hydrogens (tertiary/aromatic N) is 1. The van der Waals surface area contributed by atoms with Crippen molar-refractivity contribution in [3.63, 3.8) is 0 Å². The molecule has 0 aromatic rings. The zero-order chi connectivity index (χ0) is 11.4. The molecule has 0 aromatic carbocycles. The Morgan fingerprint density at radius 2 is 2.00 bits per heavy atom. The van der Waals surface area contributed by atoms with Crippen molar-refractivity contribution in [3.8, 4) is 0 Å². The van der Waals surface area contributed by atoms with Gasteiger partial charge in [0.25, 0.3) is 0 Å². The Morgan fingerprint density at radius 3 is 2.62 bits per heavy atom. The van der Waals surface area contributed by atoms with Crippen molar-refractivity contribution < 1.29 is 0 Å². The number of hydrogen-bond acceptors (Lipinski definition) is 2. The molecule has 0 radical (unpaired) electrons. The number of aliphatic imine (C=N–C) groups is 1. The van der Waals surface area contributed by atoms with Gasteiger partial charge in [0.15, 0.2) is 0 Å². The van der Waals surface area contributed by atoms with Crippen LogP contribution < -0.4 is 0 Å². The van der Waals surface area contributed by atoms with E-state index in [1.165, 1.54) is 44.2 Å². The van der Waals surface area contributed by atoms with Crippen LogP contribution in [0.4, 0.5) is 0 Å². The van der Waals surface area contributed by atoms with E-state index >= 15 is 0 Å². The summed E-state index contributed by atoms with van der Waals surface area (Å²) in [5.41, 5.74) is 3.01. The Balaban J connectivity index is 2.02. The summed E-state index contributed by atoms with van der Waals surface area (Å²) in [6, 6.07) is 0. The van der Waals surface area contributed by atoms with Gasteiger partial charge in [-0.1, -0.05) is 39.0 Å². The number of rotatable bonds is 4. The van der Waals surface area contributed by atoms with Crippen LogP contribution in [-0.4, -0.2) is 18.5 Å². The average Bonchev–Trinajstić information content (AvgIpc) is 2.72. The highest BCUT2D eigenvalue weighted by Crippen LogP contribution is 2.35. The van der Waals surface area contributed by atoms with Gasteiger partial charge in [0.2, 0.25) is 0 Å². The second-order valence-corrected chi connectivity index (χ2v) is 5.83. The van der Waals surface area contributed by atoms with E-state index in [9.17, 15) is 0 Å². The number of thioether (sulfide) groups is 1. The van der Waals surface area contributed by atoms with E-state index in [0.29, 0.717) is 0 Å². The lowest BCUT2D eigenvalue weighted by Gasteiger charge is -2.23. The molecule has 0 spiro atoms. The number of allylic oxidation sites excluding steroid dienone is 1. The van der Waals surface area contributed by atoms with Crippen molar-refractivity contribution in [1.29, 1.82) is 0 Å². The molecule has 1 aliphatic heterocycles. The molecule has 2 aliphatic rings. The molecular weight excluding hydrogens is 214 g/mol. The maximum atomic E-state index is 4.68. The van der Waals surface area contributed by atoms with Crippen LogP contribution in [0.25, 0.3) is 0 Å². The van der Waals surface area contributed by atoms with E-state index < -0.39 is 0 Å². The molecule has 1 saturated carbocycles. The average molecular weight is 237 g/mol. The SMILES string of the molecule is CCC1=NCC(SC)=C1CC1CCCCC1. The van der Waals surface area contributed by atoms with E-state index in [1.807, 2.05) is 11.8 Å². The molecule has 0 atom stereocenters. The Morgan fingerprint density at radius 1 is 1.25 bits per heavy atom. The van der Waals surface area contributed by atoms with Gasteiger partial charge >= 0.3 is 0 Å². The second-order valence-electron chi connectivity index (χ2n) is 4.93. The van der Waals surface area contributed by atoms with Crippen LogP contribution in [0.2, 0.25) is 0 Å². The third-order valence-electron chi connectivity index (χ3n) is 3.90. The van der Waals surface area contributed by atoms with Gasteiger partial charge in [-0.05, 0) is 30.6 Å². The molecule has 2 heteroatoms. The zero-order valence-electron chi connectivity index (χ0n) is 10.6. The highest BCUT2D eigenvalue weighted by Gasteiger charge is 2.22. The van der Waals surface area contributed by atoms with Crippen LogP contribution in [0, 0.1) is 5.92 Å². The molecule has 0 unspecified atom stereocenters. The molecule has 1 nitrogen and oxygen atoms in total. The molecule has 1 aliphatic carbocycles. The van der Waals surface area contributed by atoms with E-state index in [4.69, 9.17) is 0 Å². The van der Waals surface area contributed by atoms with E-state index in [2.05, 4.69) is 18.2 Å². The molecule has 0 bridgehead atoms. The largest absolute Gasteiger partial charge is 0.284 e. The standard InChI is InChI=1S/C14H23NS/c1-3-13-12(14(16-2)10-15-13)9-11-7-5-4-6-8-11/h11H,3-10H2,1-2H3. The first-order valence-electron chi connectivity index (χ1n) is 6.64. The van der Waals surface area contributed by atoms with Crippen LogP contribution in [0.1, 0.15) is 51.9 Å². The molecule has 90 valence electrons. The fourth-order valence-electron chi connectivity index (χ4n) is 2.94. The Labute approximate surface area is 104 Å². The minimum atomic E-state index is 0.945. The Hall–Kier alpha value is -0.240. The van der Waals surface area contributed by atoms with E-state index in [0.717, 1.165) is 18.9 Å². The molecule has 0 aromatic heterocycles. The van der Waals surface area contributed by atoms with Gasteiger partial charge in [0.1, 0.15) is 0 Å². The molecule has 0 saturated heterocycles. The van der Waals surface area contributed by atoms with Gasteiger partial charge in [-0.15, -0.1) is 11.8 Å². The fraction of sp³-hybridized carbons (Fsp3) is 0.786. The topological polar surface area (TPSA) is 12.4 Å². The number of hydrogen-bond donors (Lipinski definition) is 0. The Kier molecular flexibility index (Phi) is 4.51. The third-order valence-corrected chi connectivity index (χ3v) is 4.77. The van der Waals surface area contributed by atoms with E-state index in [1.54, 1.807) is 10.5 Å². The summed E-state index contributed by atoms with van der Waals surface area (Å²) in [5.74, 6) is 0.945. The monoisotopic (exact) mass is 237 g/mol. The van der Waals surface area contributed by atoms with Crippen LogP contribution in [0.15, 0.2) is 15.5 Å². The lowest BCUT2D eigenvalue weighted by atomic mass is 9.83. The van der Waals surface area contributed by atoms with Crippen LogP contribution in [-0.2, 0) is 0 Å². The first-order valence-corrected chi connectivity index (χ1v) is 7.87. The van der Waals surface area contributed by atoms with Gasteiger partial charge < -0.3 is 0 Å². The van der Waals surface area contributed by atoms with Crippen molar-refractivity contribution in [2.75, 3.05) is 12.8 Å². The summed E-state index contributed by atoms with van der Waals surface area (Å²) in [4.78, 5) is 6.22. The maximum absolute atomic E-state index is 4.68. The van der Waals surface area contributed by atoms with Crippen LogP contribution in [0.5, 0.6) is 0 Å². The highest BCUT2D eigenvalue weighted by molar-refractivity contribution is 8.02. The predicted molar refractivity (Wildman–Crippen MR) is 74.3 cm³/mol. The minimum Gasteiger partial charge on any atom is -0.284 e. The van der Waals surface area contributed by atoms with Crippen molar-refractivity contribution in [1.82, 2.24) is 0 Å². The first kappa shape index (κ1) is 12.2. The molecular formula is C14H23NS. The van der Waals surface area contributed by atoms with Gasteiger partial charge in [-0.3, -0.25) is 4.99 Å². The summed E-state index contributed by atoms with van der Waals surface area (Å²) in [5, 5.41) is 0. The van der Waals surface area contributed by atoms with Crippen molar-refractivity contribution >= 4 is 17.5 Å². The van der Waals surface area contributed by atoms with Gasteiger partial charge in [0.05, 0.1) is 6.54 Å².